The lowest BCUT2D eigenvalue weighted by molar-refractivity contribution is 0.199. The Morgan fingerprint density at radius 2 is 2.10 bits per heavy atom. The normalized spacial score (nSPS) is 25.8. The van der Waals surface area contributed by atoms with E-state index in [1.54, 1.807) is 7.11 Å². The smallest absolute Gasteiger partial charge is 0.122 e. The van der Waals surface area contributed by atoms with Crippen molar-refractivity contribution in [2.75, 3.05) is 13.7 Å². The van der Waals surface area contributed by atoms with E-state index in [0.717, 1.165) is 29.7 Å². The molecule has 118 valence electrons. The minimum Gasteiger partial charge on any atom is -0.496 e. The van der Waals surface area contributed by atoms with Crippen molar-refractivity contribution in [2.24, 2.45) is 11.8 Å². The maximum absolute atomic E-state index is 6.17. The van der Waals surface area contributed by atoms with Crippen LogP contribution in [-0.2, 0) is 6.42 Å². The van der Waals surface area contributed by atoms with Gasteiger partial charge in [-0.1, -0.05) is 31.9 Å². The van der Waals surface area contributed by atoms with E-state index in [1.807, 2.05) is 12.1 Å². The summed E-state index contributed by atoms with van der Waals surface area (Å²) in [6, 6.07) is 6.59. The van der Waals surface area contributed by atoms with Crippen molar-refractivity contribution in [3.05, 3.63) is 28.8 Å². The maximum atomic E-state index is 6.17. The van der Waals surface area contributed by atoms with E-state index >= 15 is 0 Å². The first-order valence-electron chi connectivity index (χ1n) is 8.23. The quantitative estimate of drug-likeness (QED) is 0.822. The van der Waals surface area contributed by atoms with Gasteiger partial charge in [-0.05, 0) is 67.8 Å². The van der Waals surface area contributed by atoms with Gasteiger partial charge in [0, 0.05) is 11.1 Å². The number of rotatable bonds is 6. The summed E-state index contributed by atoms with van der Waals surface area (Å²) < 4.78 is 5.51. The highest BCUT2D eigenvalue weighted by Crippen LogP contribution is 2.35. The highest BCUT2D eigenvalue weighted by Gasteiger charge is 2.29. The molecule has 0 bridgehead atoms. The monoisotopic (exact) mass is 309 g/mol. The lowest BCUT2D eigenvalue weighted by Gasteiger charge is -2.37. The molecule has 2 nitrogen and oxygen atoms in total. The van der Waals surface area contributed by atoms with Crippen molar-refractivity contribution in [1.29, 1.82) is 0 Å². The predicted octanol–water partition coefficient (Wildman–Crippen LogP) is 4.70. The molecule has 0 amide bonds. The summed E-state index contributed by atoms with van der Waals surface area (Å²) in [6.45, 7) is 5.56. The van der Waals surface area contributed by atoms with E-state index in [2.05, 4.69) is 25.2 Å². The van der Waals surface area contributed by atoms with Gasteiger partial charge in [-0.15, -0.1) is 0 Å². The fraction of sp³-hybridized carbons (Fsp3) is 0.667. The summed E-state index contributed by atoms with van der Waals surface area (Å²) in [5.74, 6) is 2.51. The zero-order chi connectivity index (χ0) is 15.2. The highest BCUT2D eigenvalue weighted by molar-refractivity contribution is 6.30. The molecule has 1 fully saturated rings. The van der Waals surface area contributed by atoms with Crippen LogP contribution >= 0.6 is 11.6 Å². The second-order valence-electron chi connectivity index (χ2n) is 6.17. The first-order chi connectivity index (χ1) is 10.2. The predicted molar refractivity (Wildman–Crippen MR) is 90.3 cm³/mol. The molecule has 1 aromatic rings. The van der Waals surface area contributed by atoms with Gasteiger partial charge in [-0.3, -0.25) is 0 Å². The van der Waals surface area contributed by atoms with Crippen molar-refractivity contribution in [3.63, 3.8) is 0 Å². The summed E-state index contributed by atoms with van der Waals surface area (Å²) in [6.07, 6.45) is 6.31. The van der Waals surface area contributed by atoms with Crippen molar-refractivity contribution in [2.45, 2.75) is 52.0 Å². The van der Waals surface area contributed by atoms with Crippen LogP contribution in [0.5, 0.6) is 5.75 Å². The van der Waals surface area contributed by atoms with Crippen LogP contribution in [0.2, 0.25) is 5.02 Å². The van der Waals surface area contributed by atoms with Crippen molar-refractivity contribution >= 4 is 11.6 Å². The molecule has 2 rings (SSSR count). The summed E-state index contributed by atoms with van der Waals surface area (Å²) in [5, 5.41) is 4.48. The number of benzene rings is 1. The van der Waals surface area contributed by atoms with E-state index in [1.165, 1.54) is 31.2 Å². The second kappa shape index (κ2) is 8.05. The van der Waals surface area contributed by atoms with Gasteiger partial charge in [0.2, 0.25) is 0 Å². The Hall–Kier alpha value is -0.730. The van der Waals surface area contributed by atoms with Gasteiger partial charge in [0.05, 0.1) is 7.11 Å². The summed E-state index contributed by atoms with van der Waals surface area (Å²) in [4.78, 5) is 0. The molecule has 1 aliphatic carbocycles. The lowest BCUT2D eigenvalue weighted by Crippen LogP contribution is -2.41. The van der Waals surface area contributed by atoms with Gasteiger partial charge >= 0.3 is 0 Å². The third kappa shape index (κ3) is 4.37. The molecule has 3 atom stereocenters. The van der Waals surface area contributed by atoms with E-state index in [0.29, 0.717) is 12.0 Å². The molecule has 0 aliphatic heterocycles. The molecule has 0 aromatic heterocycles. The largest absolute Gasteiger partial charge is 0.496 e. The van der Waals surface area contributed by atoms with Crippen molar-refractivity contribution < 1.29 is 4.74 Å². The molecule has 0 saturated heterocycles. The third-order valence-electron chi connectivity index (χ3n) is 4.86. The Bertz CT molecular complexity index is 449. The Kier molecular flexibility index (Phi) is 6.38. The minimum atomic E-state index is 0.626. The van der Waals surface area contributed by atoms with Crippen LogP contribution in [0.4, 0.5) is 0 Å². The van der Waals surface area contributed by atoms with Gasteiger partial charge in [-0.25, -0.2) is 0 Å². The molecule has 1 saturated carbocycles. The Labute approximate surface area is 134 Å². The fourth-order valence-corrected chi connectivity index (χ4v) is 3.87. The van der Waals surface area contributed by atoms with Gasteiger partial charge in [0.15, 0.2) is 0 Å². The van der Waals surface area contributed by atoms with Crippen LogP contribution in [0.25, 0.3) is 0 Å². The molecular formula is C18H28ClNO. The van der Waals surface area contributed by atoms with E-state index < -0.39 is 0 Å². The van der Waals surface area contributed by atoms with Crippen molar-refractivity contribution in [3.8, 4) is 5.75 Å². The number of halogens is 1. The first kappa shape index (κ1) is 16.6. The molecule has 3 unspecified atom stereocenters. The molecule has 3 heteroatoms. The van der Waals surface area contributed by atoms with Crippen LogP contribution in [-0.4, -0.2) is 19.7 Å². The number of hydrogen-bond donors (Lipinski definition) is 1. The number of methoxy groups -OCH3 is 1. The Balaban J connectivity index is 2.15. The molecule has 1 aliphatic rings. The third-order valence-corrected chi connectivity index (χ3v) is 5.09. The van der Waals surface area contributed by atoms with Crippen molar-refractivity contribution in [1.82, 2.24) is 5.32 Å². The van der Waals surface area contributed by atoms with Crippen LogP contribution in [0.3, 0.4) is 0 Å². The van der Waals surface area contributed by atoms with Crippen LogP contribution < -0.4 is 10.1 Å². The molecule has 1 aromatic carbocycles. The van der Waals surface area contributed by atoms with Gasteiger partial charge in [0.1, 0.15) is 5.75 Å². The number of hydrogen-bond acceptors (Lipinski definition) is 2. The van der Waals surface area contributed by atoms with E-state index in [4.69, 9.17) is 16.3 Å². The lowest BCUT2D eigenvalue weighted by atomic mass is 9.74. The second-order valence-corrected chi connectivity index (χ2v) is 6.61. The standard InChI is InChI=1S/C18H28ClNO/c1-4-13-6-8-17(20-5-2)14(10-13)11-15-12-16(19)7-9-18(15)21-3/h7,9,12-14,17,20H,4-6,8,10-11H2,1-3H3. The molecule has 1 N–H and O–H groups in total. The minimum absolute atomic E-state index is 0.626. The zero-order valence-electron chi connectivity index (χ0n) is 13.5. The number of nitrogens with one attached hydrogen (secondary N) is 1. The van der Waals surface area contributed by atoms with Gasteiger partial charge < -0.3 is 10.1 Å². The van der Waals surface area contributed by atoms with Crippen LogP contribution in [0, 0.1) is 11.8 Å². The topological polar surface area (TPSA) is 21.3 Å². The Morgan fingerprint density at radius 3 is 2.76 bits per heavy atom. The summed E-state index contributed by atoms with van der Waals surface area (Å²) in [5.41, 5.74) is 1.25. The van der Waals surface area contributed by atoms with Crippen LogP contribution in [0.1, 0.15) is 45.1 Å². The molecular weight excluding hydrogens is 282 g/mol. The van der Waals surface area contributed by atoms with Crippen LogP contribution in [0.15, 0.2) is 18.2 Å². The van der Waals surface area contributed by atoms with E-state index in [-0.39, 0.29) is 0 Å². The van der Waals surface area contributed by atoms with Gasteiger partial charge in [0.25, 0.3) is 0 Å². The number of ether oxygens (including phenoxy) is 1. The average Bonchev–Trinajstić information content (AvgIpc) is 2.49. The molecule has 0 radical (unpaired) electrons. The summed E-state index contributed by atoms with van der Waals surface area (Å²) in [7, 11) is 1.74. The first-order valence-corrected chi connectivity index (χ1v) is 8.61. The SMILES string of the molecule is CCNC1CCC(CC)CC1Cc1cc(Cl)ccc1OC. The summed E-state index contributed by atoms with van der Waals surface area (Å²) >= 11 is 6.17. The van der Waals surface area contributed by atoms with Gasteiger partial charge in [-0.2, -0.15) is 0 Å². The Morgan fingerprint density at radius 1 is 1.29 bits per heavy atom. The zero-order valence-corrected chi connectivity index (χ0v) is 14.2. The average molecular weight is 310 g/mol. The maximum Gasteiger partial charge on any atom is 0.122 e. The molecule has 0 spiro atoms. The highest BCUT2D eigenvalue weighted by atomic mass is 35.5. The fourth-order valence-electron chi connectivity index (χ4n) is 3.68. The van der Waals surface area contributed by atoms with E-state index in [9.17, 15) is 0 Å². The molecule has 0 heterocycles. The molecule has 21 heavy (non-hydrogen) atoms.